The molecule has 0 atom stereocenters. The zero-order chi connectivity index (χ0) is 15.8. The van der Waals surface area contributed by atoms with Gasteiger partial charge >= 0.3 is 5.69 Å². The predicted molar refractivity (Wildman–Crippen MR) is 83.3 cm³/mol. The molecule has 23 heavy (non-hydrogen) atoms. The Kier molecular flexibility index (Phi) is 3.20. The SMILES string of the molecule is O=c1n(Cc2nc(-c3cccc(Cl)c3)no2)nc2ccccn12. The molecule has 0 radical (unpaired) electrons. The van der Waals surface area contributed by atoms with E-state index in [9.17, 15) is 4.79 Å². The minimum Gasteiger partial charge on any atom is -0.337 e. The summed E-state index contributed by atoms with van der Waals surface area (Å²) in [5, 5.41) is 8.72. The summed E-state index contributed by atoms with van der Waals surface area (Å²) in [5.41, 5.74) is 1.05. The van der Waals surface area contributed by atoms with Crippen LogP contribution in [0.5, 0.6) is 0 Å². The van der Waals surface area contributed by atoms with E-state index in [0.29, 0.717) is 22.4 Å². The van der Waals surface area contributed by atoms with Crippen LogP contribution in [0.2, 0.25) is 5.02 Å². The van der Waals surface area contributed by atoms with Crippen LogP contribution in [0.1, 0.15) is 5.89 Å². The van der Waals surface area contributed by atoms with E-state index >= 15 is 0 Å². The summed E-state index contributed by atoms with van der Waals surface area (Å²) in [5.74, 6) is 0.713. The number of fused-ring (bicyclic) bond motifs is 1. The highest BCUT2D eigenvalue weighted by Gasteiger charge is 2.13. The van der Waals surface area contributed by atoms with Gasteiger partial charge in [0.1, 0.15) is 6.54 Å². The molecular formula is C15H10ClN5O2. The summed E-state index contributed by atoms with van der Waals surface area (Å²) in [6.07, 6.45) is 1.66. The Bertz CT molecular complexity index is 1050. The lowest BCUT2D eigenvalue weighted by Gasteiger charge is -1.94. The highest BCUT2D eigenvalue weighted by atomic mass is 35.5. The summed E-state index contributed by atoms with van der Waals surface area (Å²) >= 11 is 5.95. The second kappa shape index (κ2) is 5.36. The summed E-state index contributed by atoms with van der Waals surface area (Å²) in [6, 6.07) is 12.5. The number of hydrogen-bond donors (Lipinski definition) is 0. The largest absolute Gasteiger partial charge is 0.350 e. The fraction of sp³-hybridized carbons (Fsp3) is 0.0667. The lowest BCUT2D eigenvalue weighted by Crippen LogP contribution is -2.21. The van der Waals surface area contributed by atoms with Gasteiger partial charge in [0, 0.05) is 16.8 Å². The van der Waals surface area contributed by atoms with Gasteiger partial charge in [-0.3, -0.25) is 4.40 Å². The van der Waals surface area contributed by atoms with Crippen LogP contribution in [0.15, 0.2) is 58.0 Å². The van der Waals surface area contributed by atoms with E-state index in [1.54, 1.807) is 36.5 Å². The molecule has 0 unspecified atom stereocenters. The van der Waals surface area contributed by atoms with Crippen LogP contribution in [0.4, 0.5) is 0 Å². The zero-order valence-corrected chi connectivity index (χ0v) is 12.5. The van der Waals surface area contributed by atoms with Crippen molar-refractivity contribution < 1.29 is 4.52 Å². The van der Waals surface area contributed by atoms with Crippen LogP contribution in [0.25, 0.3) is 17.0 Å². The molecule has 4 rings (SSSR count). The Labute approximate surface area is 134 Å². The summed E-state index contributed by atoms with van der Waals surface area (Å²) < 4.78 is 7.94. The number of benzene rings is 1. The van der Waals surface area contributed by atoms with E-state index in [-0.39, 0.29) is 12.2 Å². The Morgan fingerprint density at radius 3 is 2.91 bits per heavy atom. The van der Waals surface area contributed by atoms with Gasteiger partial charge in [-0.1, -0.05) is 35.0 Å². The topological polar surface area (TPSA) is 78.2 Å². The van der Waals surface area contributed by atoms with Gasteiger partial charge in [0.25, 0.3) is 0 Å². The van der Waals surface area contributed by atoms with Crippen molar-refractivity contribution in [1.82, 2.24) is 24.3 Å². The van der Waals surface area contributed by atoms with E-state index in [2.05, 4.69) is 15.2 Å². The molecule has 1 aromatic carbocycles. The molecule has 8 heteroatoms. The van der Waals surface area contributed by atoms with E-state index in [4.69, 9.17) is 16.1 Å². The highest BCUT2D eigenvalue weighted by molar-refractivity contribution is 6.30. The van der Waals surface area contributed by atoms with Crippen LogP contribution in [-0.2, 0) is 6.54 Å². The third-order valence-corrected chi connectivity index (χ3v) is 3.56. The van der Waals surface area contributed by atoms with Crippen molar-refractivity contribution in [3.8, 4) is 11.4 Å². The smallest absolute Gasteiger partial charge is 0.337 e. The molecule has 3 aromatic heterocycles. The number of rotatable bonds is 3. The van der Waals surface area contributed by atoms with Crippen molar-refractivity contribution in [3.05, 3.63) is 70.1 Å². The van der Waals surface area contributed by atoms with Gasteiger partial charge in [-0.2, -0.15) is 4.98 Å². The minimum atomic E-state index is -0.261. The first-order valence-electron chi connectivity index (χ1n) is 6.83. The first-order chi connectivity index (χ1) is 11.2. The molecule has 0 aliphatic heterocycles. The first-order valence-corrected chi connectivity index (χ1v) is 7.21. The monoisotopic (exact) mass is 327 g/mol. The molecule has 0 aliphatic carbocycles. The van der Waals surface area contributed by atoms with Gasteiger partial charge in [0.15, 0.2) is 5.65 Å². The molecule has 0 spiro atoms. The van der Waals surface area contributed by atoms with Gasteiger partial charge in [-0.25, -0.2) is 9.48 Å². The van der Waals surface area contributed by atoms with Crippen LogP contribution in [0.3, 0.4) is 0 Å². The molecule has 4 aromatic rings. The maximum atomic E-state index is 12.2. The maximum absolute atomic E-state index is 12.2. The van der Waals surface area contributed by atoms with E-state index in [1.807, 2.05) is 12.1 Å². The van der Waals surface area contributed by atoms with E-state index in [0.717, 1.165) is 5.56 Å². The molecule has 7 nitrogen and oxygen atoms in total. The number of pyridine rings is 1. The Morgan fingerprint density at radius 1 is 1.17 bits per heavy atom. The summed E-state index contributed by atoms with van der Waals surface area (Å²) in [6.45, 7) is 0.105. The fourth-order valence-electron chi connectivity index (χ4n) is 2.26. The molecule has 0 saturated carbocycles. The summed E-state index contributed by atoms with van der Waals surface area (Å²) in [7, 11) is 0. The van der Waals surface area contributed by atoms with Gasteiger partial charge in [-0.15, -0.1) is 5.10 Å². The molecule has 0 amide bonds. The Morgan fingerprint density at radius 2 is 2.09 bits per heavy atom. The standard InChI is InChI=1S/C15H10ClN5O2/c16-11-5-3-4-10(8-11)14-17-13(23-19-14)9-21-15(22)20-7-2-1-6-12(20)18-21/h1-8H,9H2. The molecular weight excluding hydrogens is 318 g/mol. The minimum absolute atomic E-state index is 0.105. The zero-order valence-electron chi connectivity index (χ0n) is 11.8. The lowest BCUT2D eigenvalue weighted by molar-refractivity contribution is 0.364. The van der Waals surface area contributed by atoms with Crippen LogP contribution >= 0.6 is 11.6 Å². The number of hydrogen-bond acceptors (Lipinski definition) is 5. The predicted octanol–water partition coefficient (Wildman–Crippen LogP) is 2.25. The Balaban J connectivity index is 1.67. The van der Waals surface area contributed by atoms with Crippen LogP contribution in [-0.4, -0.2) is 24.3 Å². The van der Waals surface area contributed by atoms with E-state index < -0.39 is 0 Å². The average Bonchev–Trinajstić information content (AvgIpc) is 3.14. The second-order valence-electron chi connectivity index (χ2n) is 4.89. The van der Waals surface area contributed by atoms with Crippen molar-refractivity contribution in [2.75, 3.05) is 0 Å². The van der Waals surface area contributed by atoms with Crippen molar-refractivity contribution >= 4 is 17.2 Å². The molecule has 0 bridgehead atoms. The number of halogens is 1. The molecule has 0 N–H and O–H groups in total. The van der Waals surface area contributed by atoms with E-state index in [1.165, 1.54) is 9.08 Å². The second-order valence-corrected chi connectivity index (χ2v) is 5.33. The van der Waals surface area contributed by atoms with Gasteiger partial charge < -0.3 is 4.52 Å². The molecule has 0 saturated heterocycles. The number of nitrogens with zero attached hydrogens (tertiary/aromatic N) is 5. The molecule has 0 aliphatic rings. The third-order valence-electron chi connectivity index (χ3n) is 3.32. The van der Waals surface area contributed by atoms with Crippen LogP contribution < -0.4 is 5.69 Å². The Hall–Kier alpha value is -2.93. The number of aromatic nitrogens is 5. The van der Waals surface area contributed by atoms with Crippen molar-refractivity contribution in [2.45, 2.75) is 6.54 Å². The maximum Gasteiger partial charge on any atom is 0.350 e. The van der Waals surface area contributed by atoms with Gasteiger partial charge in [-0.05, 0) is 24.3 Å². The molecule has 114 valence electrons. The molecule has 0 fully saturated rings. The molecule has 3 heterocycles. The fourth-order valence-corrected chi connectivity index (χ4v) is 2.45. The van der Waals surface area contributed by atoms with Crippen molar-refractivity contribution in [2.24, 2.45) is 0 Å². The average molecular weight is 328 g/mol. The first kappa shape index (κ1) is 13.7. The van der Waals surface area contributed by atoms with Crippen molar-refractivity contribution in [1.29, 1.82) is 0 Å². The van der Waals surface area contributed by atoms with Crippen LogP contribution in [0, 0.1) is 0 Å². The summed E-state index contributed by atoms with van der Waals surface area (Å²) in [4.78, 5) is 16.5. The van der Waals surface area contributed by atoms with Gasteiger partial charge in [0.05, 0.1) is 0 Å². The highest BCUT2D eigenvalue weighted by Crippen LogP contribution is 2.19. The van der Waals surface area contributed by atoms with Crippen molar-refractivity contribution in [3.63, 3.8) is 0 Å². The lowest BCUT2D eigenvalue weighted by atomic mass is 10.2. The quantitative estimate of drug-likeness (QED) is 0.576. The normalized spacial score (nSPS) is 11.2. The third kappa shape index (κ3) is 2.51. The van der Waals surface area contributed by atoms with Gasteiger partial charge in [0.2, 0.25) is 11.7 Å².